The Balaban J connectivity index is 1.75. The van der Waals surface area contributed by atoms with Gasteiger partial charge in [0.2, 0.25) is 0 Å². The maximum atomic E-state index is 12.7. The van der Waals surface area contributed by atoms with Gasteiger partial charge in [0.25, 0.3) is 5.78 Å². The van der Waals surface area contributed by atoms with Gasteiger partial charge in [0.15, 0.2) is 0 Å². The molecule has 2 heterocycles. The molecular formula is C21H16F9N2O4+. The summed E-state index contributed by atoms with van der Waals surface area (Å²) < 4.78 is 120. The van der Waals surface area contributed by atoms with E-state index in [0.29, 0.717) is 6.20 Å². The van der Waals surface area contributed by atoms with E-state index in [9.17, 15) is 49.1 Å². The summed E-state index contributed by atoms with van der Waals surface area (Å²) in [6.07, 6.45) is -15.0. The Morgan fingerprint density at radius 1 is 0.833 bits per heavy atom. The number of nitrogens with zero attached hydrogens (tertiary/aromatic N) is 2. The highest BCUT2D eigenvalue weighted by atomic mass is 19.4. The van der Waals surface area contributed by atoms with Gasteiger partial charge in [0.1, 0.15) is 18.1 Å². The Hall–Kier alpha value is -3.52. The van der Waals surface area contributed by atoms with Crippen LogP contribution in [0.2, 0.25) is 0 Å². The van der Waals surface area contributed by atoms with E-state index < -0.39 is 47.5 Å². The molecule has 1 aromatic heterocycles. The number of aromatic nitrogens is 1. The SMILES string of the molecule is O=C(O[n+]1cc(C(=O)C(F)(F)F)ccc1N1CCC(Oc2ccc(C(F)(F)F)cc2)CC1)C(F)(F)F. The number of carbonyl (C=O) groups is 2. The van der Waals surface area contributed by atoms with Crippen LogP contribution in [-0.2, 0) is 11.0 Å². The molecule has 196 valence electrons. The number of anilines is 1. The van der Waals surface area contributed by atoms with Crippen LogP contribution in [0.5, 0.6) is 5.75 Å². The van der Waals surface area contributed by atoms with Crippen LogP contribution < -0.4 is 19.2 Å². The predicted octanol–water partition coefficient (Wildman–Crippen LogP) is 4.30. The fourth-order valence-electron chi connectivity index (χ4n) is 3.35. The molecule has 0 atom stereocenters. The van der Waals surface area contributed by atoms with Crippen LogP contribution in [-0.4, -0.2) is 43.3 Å². The van der Waals surface area contributed by atoms with Gasteiger partial charge in [-0.2, -0.15) is 39.5 Å². The van der Waals surface area contributed by atoms with Gasteiger partial charge in [-0.05, 0) is 35.1 Å². The Kier molecular flexibility index (Phi) is 7.41. The van der Waals surface area contributed by atoms with E-state index >= 15 is 0 Å². The first-order chi connectivity index (χ1) is 16.6. The van der Waals surface area contributed by atoms with Crippen molar-refractivity contribution in [1.82, 2.24) is 0 Å². The number of ketones is 1. The molecule has 0 spiro atoms. The number of alkyl halides is 9. The molecule has 0 radical (unpaired) electrons. The lowest BCUT2D eigenvalue weighted by Crippen LogP contribution is -2.55. The van der Waals surface area contributed by atoms with Crippen molar-refractivity contribution in [2.45, 2.75) is 37.5 Å². The van der Waals surface area contributed by atoms with E-state index in [1.807, 2.05) is 0 Å². The van der Waals surface area contributed by atoms with Crippen molar-refractivity contribution in [2.24, 2.45) is 0 Å². The fourth-order valence-corrected chi connectivity index (χ4v) is 3.35. The molecule has 15 heteroatoms. The number of hydrogen-bond acceptors (Lipinski definition) is 5. The molecule has 1 aromatic carbocycles. The lowest BCUT2D eigenvalue weighted by Gasteiger charge is -2.29. The normalized spacial score (nSPS) is 15.5. The molecule has 1 aliphatic heterocycles. The highest BCUT2D eigenvalue weighted by Crippen LogP contribution is 2.31. The minimum atomic E-state index is -5.46. The van der Waals surface area contributed by atoms with Gasteiger partial charge in [0, 0.05) is 18.9 Å². The number of ether oxygens (including phenoxy) is 1. The summed E-state index contributed by atoms with van der Waals surface area (Å²) >= 11 is 0. The van der Waals surface area contributed by atoms with Gasteiger partial charge in [-0.1, -0.05) is 0 Å². The molecule has 3 rings (SSSR count). The second-order valence-electron chi connectivity index (χ2n) is 7.63. The fraction of sp³-hybridized carbons (Fsp3) is 0.381. The number of halogens is 9. The van der Waals surface area contributed by atoms with Crippen molar-refractivity contribution >= 4 is 17.6 Å². The van der Waals surface area contributed by atoms with Crippen LogP contribution in [0.25, 0.3) is 0 Å². The third-order valence-electron chi connectivity index (χ3n) is 5.08. The Bertz CT molecular complexity index is 1100. The predicted molar refractivity (Wildman–Crippen MR) is 102 cm³/mol. The molecule has 1 fully saturated rings. The van der Waals surface area contributed by atoms with Crippen LogP contribution in [0.1, 0.15) is 28.8 Å². The Morgan fingerprint density at radius 2 is 1.42 bits per heavy atom. The Labute approximate surface area is 196 Å². The van der Waals surface area contributed by atoms with Crippen molar-refractivity contribution in [3.63, 3.8) is 0 Å². The van der Waals surface area contributed by atoms with Crippen molar-refractivity contribution < 1.29 is 63.4 Å². The van der Waals surface area contributed by atoms with E-state index in [4.69, 9.17) is 4.74 Å². The smallest absolute Gasteiger partial charge is 0.490 e. The van der Waals surface area contributed by atoms with E-state index in [1.54, 1.807) is 0 Å². The van der Waals surface area contributed by atoms with Crippen LogP contribution in [0.3, 0.4) is 0 Å². The molecule has 1 saturated heterocycles. The van der Waals surface area contributed by atoms with Gasteiger partial charge in [-0.3, -0.25) is 9.69 Å². The first-order valence-corrected chi connectivity index (χ1v) is 10.1. The molecule has 6 nitrogen and oxygen atoms in total. The quantitative estimate of drug-likeness (QED) is 0.327. The van der Waals surface area contributed by atoms with E-state index in [2.05, 4.69) is 4.84 Å². The summed E-state index contributed by atoms with van der Waals surface area (Å²) in [6.45, 7) is 0.142. The molecule has 1 aliphatic rings. The van der Waals surface area contributed by atoms with Crippen molar-refractivity contribution in [1.29, 1.82) is 0 Å². The molecule has 0 bridgehead atoms. The molecule has 0 N–H and O–H groups in total. The van der Waals surface area contributed by atoms with Gasteiger partial charge < -0.3 is 4.74 Å². The third-order valence-corrected chi connectivity index (χ3v) is 5.08. The van der Waals surface area contributed by atoms with Gasteiger partial charge in [-0.15, -0.1) is 0 Å². The maximum absolute atomic E-state index is 12.7. The summed E-state index contributed by atoms with van der Waals surface area (Å²) in [7, 11) is 0. The second-order valence-corrected chi connectivity index (χ2v) is 7.63. The molecular weight excluding hydrogens is 515 g/mol. The third kappa shape index (κ3) is 6.57. The second kappa shape index (κ2) is 9.85. The zero-order valence-corrected chi connectivity index (χ0v) is 17.9. The summed E-state index contributed by atoms with van der Waals surface area (Å²) in [5.41, 5.74) is -1.92. The minimum absolute atomic E-state index is 0.0709. The maximum Gasteiger partial charge on any atom is 0.495 e. The first-order valence-electron chi connectivity index (χ1n) is 10.1. The van der Waals surface area contributed by atoms with Crippen molar-refractivity contribution in [2.75, 3.05) is 18.0 Å². The van der Waals surface area contributed by atoms with Crippen LogP contribution in [0.15, 0.2) is 42.6 Å². The summed E-state index contributed by atoms with van der Waals surface area (Å²) in [5, 5.41) is 0. The van der Waals surface area contributed by atoms with Crippen LogP contribution in [0.4, 0.5) is 45.3 Å². The molecule has 2 aromatic rings. The lowest BCUT2D eigenvalue weighted by atomic mass is 10.1. The van der Waals surface area contributed by atoms with E-state index in [-0.39, 0.29) is 42.2 Å². The number of rotatable bonds is 5. The van der Waals surface area contributed by atoms with E-state index in [0.717, 1.165) is 36.4 Å². The van der Waals surface area contributed by atoms with Crippen LogP contribution >= 0.6 is 0 Å². The van der Waals surface area contributed by atoms with Gasteiger partial charge in [0.05, 0.1) is 24.2 Å². The summed E-state index contributed by atoms with van der Waals surface area (Å²) in [5.74, 6) is -5.15. The van der Waals surface area contributed by atoms with Crippen molar-refractivity contribution in [3.8, 4) is 5.75 Å². The summed E-state index contributed by atoms with van der Waals surface area (Å²) in [4.78, 5) is 28.4. The lowest BCUT2D eigenvalue weighted by molar-refractivity contribution is -0.860. The van der Waals surface area contributed by atoms with Crippen molar-refractivity contribution in [3.05, 3.63) is 53.7 Å². The largest absolute Gasteiger partial charge is 0.495 e. The zero-order chi connectivity index (χ0) is 26.9. The van der Waals surface area contributed by atoms with Gasteiger partial charge in [-0.25, -0.2) is 9.63 Å². The number of piperidine rings is 1. The highest BCUT2D eigenvalue weighted by molar-refractivity contribution is 5.99. The molecule has 0 amide bonds. The number of hydrogen-bond donors (Lipinski definition) is 0. The molecule has 0 aliphatic carbocycles. The highest BCUT2D eigenvalue weighted by Gasteiger charge is 2.45. The standard InChI is InChI=1S/C21H16F9N2O4/c22-19(23,24)13-2-4-14(5-3-13)35-15-7-9-31(10-8-15)16-6-1-12(17(33)20(25,26)27)11-32(16)36-18(34)21(28,29)30/h1-6,11,15H,7-10H2/q+1. The molecule has 0 unspecified atom stereocenters. The van der Waals surface area contributed by atoms with Crippen LogP contribution in [0, 0.1) is 0 Å². The first kappa shape index (κ1) is 27.1. The topological polar surface area (TPSA) is 59.7 Å². The zero-order valence-electron chi connectivity index (χ0n) is 17.9. The molecule has 0 saturated carbocycles. The van der Waals surface area contributed by atoms with Gasteiger partial charge >= 0.3 is 30.3 Å². The monoisotopic (exact) mass is 531 g/mol. The van der Waals surface area contributed by atoms with E-state index in [1.165, 1.54) is 4.90 Å². The average Bonchev–Trinajstić information content (AvgIpc) is 2.77. The number of carbonyl (C=O) groups excluding carboxylic acids is 2. The number of pyridine rings is 1. The average molecular weight is 531 g/mol. The molecule has 36 heavy (non-hydrogen) atoms. The number of benzene rings is 1. The summed E-state index contributed by atoms with van der Waals surface area (Å²) in [6, 6.07) is 5.58. The number of Topliss-reactive ketones (excluding diaryl/α,β-unsaturated/α-hetero) is 1. The minimum Gasteiger partial charge on any atom is -0.490 e. The Morgan fingerprint density at radius 3 is 1.92 bits per heavy atom.